The standard InChI is InChI=1S/C23H25N2O14P3S/c1-35-42(34,39-41(32,33)38-40(29,30)31)36-11-17-19(26)20(27)22(37-17)25-10-16(21(43)24-23(25)28)18-14-8-4-2-6-12(14)13-7-3-5-9-15(13)18/h2-10,17-20,22,26-27H,11H2,1H3,(H,32,33)(H,24,28,43)(H2,29,30,31)/t17-,19-,20-,22-,42?/m1/s1. The van der Waals surface area contributed by atoms with Gasteiger partial charge in [-0.3, -0.25) is 18.6 Å². The molecule has 43 heavy (non-hydrogen) atoms. The molecule has 232 valence electrons. The van der Waals surface area contributed by atoms with E-state index < -0.39 is 60.3 Å². The Kier molecular flexibility index (Phi) is 8.97. The summed E-state index contributed by atoms with van der Waals surface area (Å²) < 4.78 is 59.3. The van der Waals surface area contributed by atoms with Crippen molar-refractivity contribution in [2.75, 3.05) is 13.7 Å². The fourth-order valence-electron chi connectivity index (χ4n) is 5.03. The summed E-state index contributed by atoms with van der Waals surface area (Å²) in [7, 11) is -15.5. The zero-order valence-corrected chi connectivity index (χ0v) is 25.4. The van der Waals surface area contributed by atoms with Crippen LogP contribution in [0.5, 0.6) is 0 Å². The molecule has 16 nitrogen and oxygen atoms in total. The Balaban J connectivity index is 1.41. The van der Waals surface area contributed by atoms with Gasteiger partial charge in [-0.1, -0.05) is 60.7 Å². The van der Waals surface area contributed by atoms with Crippen molar-refractivity contribution in [3.63, 3.8) is 0 Å². The number of ether oxygens (including phenoxy) is 1. The zero-order chi connectivity index (χ0) is 31.3. The van der Waals surface area contributed by atoms with E-state index in [9.17, 15) is 33.6 Å². The zero-order valence-electron chi connectivity index (χ0n) is 21.9. The second-order valence-corrected chi connectivity index (χ2v) is 14.6. The molecule has 0 bridgehead atoms. The minimum absolute atomic E-state index is 0.148. The first-order chi connectivity index (χ1) is 20.1. The fraction of sp³-hybridized carbons (Fsp3) is 0.304. The molecule has 0 amide bonds. The van der Waals surface area contributed by atoms with E-state index in [2.05, 4.69) is 18.1 Å². The van der Waals surface area contributed by atoms with E-state index >= 15 is 0 Å². The maximum atomic E-state index is 13.0. The summed E-state index contributed by atoms with van der Waals surface area (Å²) in [6.07, 6.45) is -5.05. The second-order valence-electron chi connectivity index (χ2n) is 9.45. The average Bonchev–Trinajstić information content (AvgIpc) is 3.40. The van der Waals surface area contributed by atoms with Crippen LogP contribution in [0.4, 0.5) is 0 Å². The van der Waals surface area contributed by atoms with Crippen molar-refractivity contribution < 1.29 is 61.0 Å². The van der Waals surface area contributed by atoms with E-state index in [1.165, 1.54) is 6.20 Å². The lowest BCUT2D eigenvalue weighted by molar-refractivity contribution is -0.0547. The number of phosphoric ester groups is 1. The molecule has 1 aliphatic heterocycles. The molecule has 3 aromatic rings. The van der Waals surface area contributed by atoms with Crippen LogP contribution in [-0.2, 0) is 36.1 Å². The lowest BCUT2D eigenvalue weighted by atomic mass is 9.91. The number of phosphoric acid groups is 3. The monoisotopic (exact) mass is 678 g/mol. The Morgan fingerprint density at radius 3 is 2.07 bits per heavy atom. The number of hydrogen-bond acceptors (Lipinski definition) is 12. The van der Waals surface area contributed by atoms with E-state index in [0.29, 0.717) is 5.56 Å². The van der Waals surface area contributed by atoms with Gasteiger partial charge < -0.3 is 29.6 Å². The maximum absolute atomic E-state index is 13.0. The number of aromatic amines is 1. The van der Waals surface area contributed by atoms with E-state index in [1.807, 2.05) is 48.5 Å². The van der Waals surface area contributed by atoms with Crippen LogP contribution < -0.4 is 5.69 Å². The van der Waals surface area contributed by atoms with Gasteiger partial charge in [-0.2, -0.15) is 8.62 Å². The summed E-state index contributed by atoms with van der Waals surface area (Å²) in [6, 6.07) is 15.4. The predicted molar refractivity (Wildman–Crippen MR) is 149 cm³/mol. The largest absolute Gasteiger partial charge is 0.490 e. The first-order valence-corrected chi connectivity index (χ1v) is 17.2. The molecule has 0 spiro atoms. The molecule has 1 saturated heterocycles. The van der Waals surface area contributed by atoms with Gasteiger partial charge in [-0.05, 0) is 22.3 Å². The summed E-state index contributed by atoms with van der Waals surface area (Å²) in [5.74, 6) is -0.375. The molecule has 1 aliphatic carbocycles. The first kappa shape index (κ1) is 32.2. The van der Waals surface area contributed by atoms with Gasteiger partial charge in [-0.15, -0.1) is 0 Å². The second kappa shape index (κ2) is 12.0. The summed E-state index contributed by atoms with van der Waals surface area (Å²) in [5, 5.41) is 21.4. The van der Waals surface area contributed by atoms with Gasteiger partial charge in [0.25, 0.3) is 0 Å². The molecule has 6 atom stereocenters. The Morgan fingerprint density at radius 1 is 0.930 bits per heavy atom. The highest BCUT2D eigenvalue weighted by Gasteiger charge is 2.47. The molecule has 5 rings (SSSR count). The maximum Gasteiger partial charge on any atom is 0.490 e. The molecule has 2 unspecified atom stereocenters. The van der Waals surface area contributed by atoms with Crippen molar-refractivity contribution in [3.8, 4) is 11.1 Å². The van der Waals surface area contributed by atoms with Crippen molar-refractivity contribution in [3.05, 3.63) is 86.5 Å². The van der Waals surface area contributed by atoms with E-state index in [4.69, 9.17) is 31.3 Å². The number of nitrogens with one attached hydrogen (secondary N) is 1. The van der Waals surface area contributed by atoms with Crippen molar-refractivity contribution in [2.45, 2.75) is 30.5 Å². The van der Waals surface area contributed by atoms with Gasteiger partial charge in [0.2, 0.25) is 0 Å². The highest BCUT2D eigenvalue weighted by molar-refractivity contribution is 7.71. The molecule has 0 radical (unpaired) electrons. The highest BCUT2D eigenvalue weighted by Crippen LogP contribution is 2.68. The van der Waals surface area contributed by atoms with E-state index in [1.54, 1.807) is 0 Å². The van der Waals surface area contributed by atoms with Crippen LogP contribution in [-0.4, -0.2) is 66.5 Å². The van der Waals surface area contributed by atoms with Gasteiger partial charge in [0.1, 0.15) is 23.0 Å². The fourth-order valence-corrected chi connectivity index (χ4v) is 8.65. The number of H-pyrrole nitrogens is 1. The summed E-state index contributed by atoms with van der Waals surface area (Å²) >= 11 is 5.51. The number of benzene rings is 2. The number of rotatable bonds is 10. The van der Waals surface area contributed by atoms with E-state index in [0.717, 1.165) is 33.9 Å². The van der Waals surface area contributed by atoms with Gasteiger partial charge in [-0.25, -0.2) is 18.5 Å². The molecule has 6 N–H and O–H groups in total. The van der Waals surface area contributed by atoms with Crippen LogP contribution in [0.1, 0.15) is 28.8 Å². The Labute approximate surface area is 247 Å². The normalized spacial score (nSPS) is 24.7. The third kappa shape index (κ3) is 6.61. The summed E-state index contributed by atoms with van der Waals surface area (Å²) in [4.78, 5) is 42.6. The van der Waals surface area contributed by atoms with Crippen molar-refractivity contribution >= 4 is 35.7 Å². The topological polar surface area (TPSA) is 236 Å². The average molecular weight is 678 g/mol. The number of nitrogens with zero attached hydrogens (tertiary/aromatic N) is 1. The number of fused-ring (bicyclic) bond motifs is 3. The third-order valence-corrected chi connectivity index (χ3v) is 11.3. The number of hydrogen-bond donors (Lipinski definition) is 6. The van der Waals surface area contributed by atoms with Crippen LogP contribution in [0.3, 0.4) is 0 Å². The summed E-state index contributed by atoms with van der Waals surface area (Å²) in [6.45, 7) is -0.899. The molecular formula is C23H25N2O14P3S. The molecular weight excluding hydrogens is 653 g/mol. The van der Waals surface area contributed by atoms with Crippen LogP contribution in [0.25, 0.3) is 11.1 Å². The molecule has 0 saturated carbocycles. The van der Waals surface area contributed by atoms with Crippen LogP contribution >= 0.6 is 35.7 Å². The first-order valence-electron chi connectivity index (χ1n) is 12.3. The molecule has 2 aliphatic rings. The van der Waals surface area contributed by atoms with Crippen LogP contribution in [0.15, 0.2) is 59.5 Å². The third-order valence-electron chi connectivity index (χ3n) is 6.78. The number of aliphatic hydroxyl groups is 2. The molecule has 2 aromatic carbocycles. The minimum Gasteiger partial charge on any atom is -0.387 e. The number of aromatic nitrogens is 2. The Bertz CT molecular complexity index is 1760. The van der Waals surface area contributed by atoms with Crippen molar-refractivity contribution in [1.82, 2.24) is 9.55 Å². The number of aliphatic hydroxyl groups excluding tert-OH is 2. The predicted octanol–water partition coefficient (Wildman–Crippen LogP) is 2.68. The lowest BCUT2D eigenvalue weighted by Gasteiger charge is -2.22. The minimum atomic E-state index is -5.66. The van der Waals surface area contributed by atoms with Gasteiger partial charge in [0, 0.05) is 24.8 Å². The van der Waals surface area contributed by atoms with Gasteiger partial charge in [0.05, 0.1) is 6.61 Å². The highest BCUT2D eigenvalue weighted by atomic mass is 32.1. The lowest BCUT2D eigenvalue weighted by Crippen LogP contribution is -2.36. The van der Waals surface area contributed by atoms with E-state index in [-0.39, 0.29) is 10.6 Å². The van der Waals surface area contributed by atoms with Crippen LogP contribution in [0.2, 0.25) is 0 Å². The van der Waals surface area contributed by atoms with Crippen LogP contribution in [0, 0.1) is 4.64 Å². The Hall–Kier alpha value is -2.17. The summed E-state index contributed by atoms with van der Waals surface area (Å²) in [5.41, 5.74) is 3.59. The van der Waals surface area contributed by atoms with Gasteiger partial charge in [0.15, 0.2) is 6.23 Å². The SMILES string of the molecule is COP(=O)(OC[C@H]1O[C@@H](n2cc(C3c4ccccc4-c4ccccc43)c(=S)[nH]c2=O)[C@H](O)[C@@H]1O)OP(=O)(O)OP(=O)(O)O. The quantitative estimate of drug-likeness (QED) is 0.104. The molecule has 1 fully saturated rings. The van der Waals surface area contributed by atoms with Gasteiger partial charge >= 0.3 is 29.2 Å². The molecule has 1 aromatic heterocycles. The van der Waals surface area contributed by atoms with Crippen molar-refractivity contribution in [1.29, 1.82) is 0 Å². The van der Waals surface area contributed by atoms with Crippen molar-refractivity contribution in [2.24, 2.45) is 0 Å². The molecule has 2 heterocycles. The Morgan fingerprint density at radius 2 is 1.51 bits per heavy atom. The smallest absolute Gasteiger partial charge is 0.387 e. The molecule has 20 heteroatoms.